The number of imidazole rings is 1. The molecular formula is C19H22N4O4. The zero-order valence-corrected chi connectivity index (χ0v) is 15.8. The molecule has 0 unspecified atom stereocenters. The highest BCUT2D eigenvalue weighted by Crippen LogP contribution is 2.18. The van der Waals surface area contributed by atoms with Gasteiger partial charge in [-0.05, 0) is 39.8 Å². The molecule has 3 aromatic rings. The number of aryl methyl sites for hydroxylation is 1. The van der Waals surface area contributed by atoms with Crippen LogP contribution in [-0.4, -0.2) is 31.3 Å². The fraction of sp³-hybridized carbons (Fsp3) is 0.368. The molecule has 1 atom stereocenters. The van der Waals surface area contributed by atoms with E-state index in [0.29, 0.717) is 5.69 Å². The van der Waals surface area contributed by atoms with Crippen molar-refractivity contribution in [2.75, 3.05) is 6.61 Å². The Balaban J connectivity index is 2.35. The topological polar surface area (TPSA) is 88.1 Å². The highest BCUT2D eigenvalue weighted by Gasteiger charge is 2.24. The second-order valence-electron chi connectivity index (χ2n) is 6.26. The van der Waals surface area contributed by atoms with E-state index in [1.165, 1.54) is 15.5 Å². The summed E-state index contributed by atoms with van der Waals surface area (Å²) in [7, 11) is 0. The number of hydrogen-bond donors (Lipinski definition) is 0. The average Bonchev–Trinajstić information content (AvgIpc) is 3.08. The van der Waals surface area contributed by atoms with Crippen LogP contribution in [0.1, 0.15) is 32.4 Å². The highest BCUT2D eigenvalue weighted by atomic mass is 16.5. The van der Waals surface area contributed by atoms with Crippen molar-refractivity contribution in [1.82, 2.24) is 18.7 Å². The van der Waals surface area contributed by atoms with Crippen LogP contribution >= 0.6 is 0 Å². The van der Waals surface area contributed by atoms with E-state index in [-0.39, 0.29) is 24.3 Å². The van der Waals surface area contributed by atoms with E-state index < -0.39 is 23.3 Å². The number of carbonyl (C=O) groups is 1. The van der Waals surface area contributed by atoms with Gasteiger partial charge in [-0.2, -0.15) is 0 Å². The van der Waals surface area contributed by atoms with Gasteiger partial charge in [0, 0.05) is 6.54 Å². The summed E-state index contributed by atoms with van der Waals surface area (Å²) < 4.78 is 9.06. The monoisotopic (exact) mass is 370 g/mol. The maximum absolute atomic E-state index is 12.9. The molecule has 0 N–H and O–H groups in total. The maximum Gasteiger partial charge on any atom is 0.337 e. The molecule has 0 radical (unpaired) electrons. The Kier molecular flexibility index (Phi) is 4.98. The zero-order valence-electron chi connectivity index (χ0n) is 15.8. The van der Waals surface area contributed by atoms with Crippen LogP contribution in [0.2, 0.25) is 0 Å². The third kappa shape index (κ3) is 3.07. The van der Waals surface area contributed by atoms with Gasteiger partial charge in [-0.25, -0.2) is 19.1 Å². The molecule has 0 aliphatic carbocycles. The van der Waals surface area contributed by atoms with Crippen LogP contribution in [-0.2, 0) is 16.1 Å². The summed E-state index contributed by atoms with van der Waals surface area (Å²) in [6.07, 6.45) is 1.40. The molecule has 1 aromatic carbocycles. The summed E-state index contributed by atoms with van der Waals surface area (Å²) >= 11 is 0. The van der Waals surface area contributed by atoms with Gasteiger partial charge in [-0.1, -0.05) is 17.7 Å². The van der Waals surface area contributed by atoms with Crippen molar-refractivity contribution in [3.05, 3.63) is 57.0 Å². The molecule has 0 aliphatic rings. The van der Waals surface area contributed by atoms with Gasteiger partial charge in [0.05, 0.1) is 18.6 Å². The van der Waals surface area contributed by atoms with Crippen molar-refractivity contribution < 1.29 is 9.53 Å². The van der Waals surface area contributed by atoms with Crippen molar-refractivity contribution in [2.24, 2.45) is 0 Å². The van der Waals surface area contributed by atoms with Gasteiger partial charge < -0.3 is 9.30 Å². The minimum Gasteiger partial charge on any atom is -0.464 e. The Morgan fingerprint density at radius 3 is 2.44 bits per heavy atom. The van der Waals surface area contributed by atoms with Gasteiger partial charge in [0.1, 0.15) is 6.04 Å². The van der Waals surface area contributed by atoms with Gasteiger partial charge in [0.15, 0.2) is 11.2 Å². The minimum atomic E-state index is -0.739. The predicted octanol–water partition coefficient (Wildman–Crippen LogP) is 1.80. The van der Waals surface area contributed by atoms with Gasteiger partial charge in [-0.3, -0.25) is 9.36 Å². The molecule has 0 fully saturated rings. The summed E-state index contributed by atoms with van der Waals surface area (Å²) in [6.45, 7) is 7.47. The Bertz CT molecular complexity index is 1110. The summed E-state index contributed by atoms with van der Waals surface area (Å²) in [6, 6.07) is 6.63. The highest BCUT2D eigenvalue weighted by molar-refractivity contribution is 5.79. The van der Waals surface area contributed by atoms with Crippen molar-refractivity contribution in [2.45, 2.75) is 40.3 Å². The van der Waals surface area contributed by atoms with Gasteiger partial charge in [0.25, 0.3) is 5.56 Å². The summed E-state index contributed by atoms with van der Waals surface area (Å²) in [4.78, 5) is 42.3. The van der Waals surface area contributed by atoms with Crippen LogP contribution in [0.4, 0.5) is 0 Å². The van der Waals surface area contributed by atoms with E-state index in [9.17, 15) is 14.4 Å². The Morgan fingerprint density at radius 1 is 1.19 bits per heavy atom. The lowest BCUT2D eigenvalue weighted by Gasteiger charge is -2.15. The number of hydrogen-bond acceptors (Lipinski definition) is 5. The number of rotatable bonds is 5. The summed E-state index contributed by atoms with van der Waals surface area (Å²) in [5.41, 5.74) is 1.12. The number of benzene rings is 1. The molecular weight excluding hydrogens is 348 g/mol. The number of esters is 1. The quantitative estimate of drug-likeness (QED) is 0.639. The number of carbonyl (C=O) groups excluding carboxylic acids is 1. The SMILES string of the molecule is CCOC(=O)[C@H](C)n1cnc2c1c(=O)n(CC)c(=O)n2-c1ccc(C)cc1. The first-order chi connectivity index (χ1) is 12.9. The molecule has 0 aliphatic heterocycles. The second kappa shape index (κ2) is 7.22. The zero-order chi connectivity index (χ0) is 19.7. The molecule has 0 bridgehead atoms. The fourth-order valence-electron chi connectivity index (χ4n) is 3.02. The molecule has 3 rings (SSSR count). The standard InChI is InChI=1S/C19H22N4O4/c1-5-21-17(24)15-16(20-11-22(15)13(4)18(25)27-6-2)23(19(21)26)14-9-7-12(3)8-10-14/h7-11,13H,5-6H2,1-4H3/t13-/m0/s1. The molecule has 0 amide bonds. The summed E-state index contributed by atoms with van der Waals surface area (Å²) in [5, 5.41) is 0. The summed E-state index contributed by atoms with van der Waals surface area (Å²) in [5.74, 6) is -0.465. The number of ether oxygens (including phenoxy) is 1. The van der Waals surface area contributed by atoms with Crippen LogP contribution in [0.15, 0.2) is 40.2 Å². The van der Waals surface area contributed by atoms with E-state index in [1.54, 1.807) is 32.9 Å². The van der Waals surface area contributed by atoms with Crippen molar-refractivity contribution >= 4 is 17.1 Å². The van der Waals surface area contributed by atoms with Crippen LogP contribution < -0.4 is 11.2 Å². The van der Waals surface area contributed by atoms with Crippen molar-refractivity contribution in [1.29, 1.82) is 0 Å². The lowest BCUT2D eigenvalue weighted by atomic mass is 10.2. The smallest absolute Gasteiger partial charge is 0.337 e. The molecule has 2 aromatic heterocycles. The van der Waals surface area contributed by atoms with Gasteiger partial charge in [-0.15, -0.1) is 0 Å². The predicted molar refractivity (Wildman–Crippen MR) is 101 cm³/mol. The maximum atomic E-state index is 12.9. The van der Waals surface area contributed by atoms with E-state index in [0.717, 1.165) is 10.1 Å². The van der Waals surface area contributed by atoms with Crippen molar-refractivity contribution in [3.63, 3.8) is 0 Å². The Morgan fingerprint density at radius 2 is 1.85 bits per heavy atom. The first-order valence-electron chi connectivity index (χ1n) is 8.86. The largest absolute Gasteiger partial charge is 0.464 e. The molecule has 2 heterocycles. The molecule has 0 saturated heterocycles. The first kappa shape index (κ1) is 18.6. The molecule has 8 heteroatoms. The van der Waals surface area contributed by atoms with E-state index >= 15 is 0 Å². The van der Waals surface area contributed by atoms with E-state index in [2.05, 4.69) is 4.98 Å². The second-order valence-corrected chi connectivity index (χ2v) is 6.26. The molecule has 142 valence electrons. The first-order valence-corrected chi connectivity index (χ1v) is 8.86. The normalized spacial score (nSPS) is 12.3. The third-order valence-corrected chi connectivity index (χ3v) is 4.51. The number of nitrogens with zero attached hydrogens (tertiary/aromatic N) is 4. The number of aromatic nitrogens is 4. The lowest BCUT2D eigenvalue weighted by Crippen LogP contribution is -2.40. The van der Waals surface area contributed by atoms with Gasteiger partial charge in [0.2, 0.25) is 0 Å². The molecule has 27 heavy (non-hydrogen) atoms. The molecule has 0 spiro atoms. The average molecular weight is 370 g/mol. The Hall–Kier alpha value is -3.16. The van der Waals surface area contributed by atoms with E-state index in [1.807, 2.05) is 19.1 Å². The Labute approximate surface area is 155 Å². The fourth-order valence-corrected chi connectivity index (χ4v) is 3.02. The molecule has 0 saturated carbocycles. The van der Waals surface area contributed by atoms with Crippen molar-refractivity contribution in [3.8, 4) is 5.69 Å². The lowest BCUT2D eigenvalue weighted by molar-refractivity contribution is -0.146. The van der Waals surface area contributed by atoms with Crippen LogP contribution in [0.5, 0.6) is 0 Å². The van der Waals surface area contributed by atoms with E-state index in [4.69, 9.17) is 4.74 Å². The van der Waals surface area contributed by atoms with Crippen LogP contribution in [0.3, 0.4) is 0 Å². The van der Waals surface area contributed by atoms with Crippen LogP contribution in [0.25, 0.3) is 16.9 Å². The van der Waals surface area contributed by atoms with Gasteiger partial charge >= 0.3 is 11.7 Å². The number of fused-ring (bicyclic) bond motifs is 1. The third-order valence-electron chi connectivity index (χ3n) is 4.51. The molecule has 8 nitrogen and oxygen atoms in total. The van der Waals surface area contributed by atoms with Crippen LogP contribution in [0, 0.1) is 6.92 Å². The minimum absolute atomic E-state index is 0.192.